The summed E-state index contributed by atoms with van der Waals surface area (Å²) in [5, 5.41) is 0.582. The molecular formula is C17H15ClO5. The molecule has 0 aliphatic carbocycles. The second kappa shape index (κ2) is 7.65. The molecule has 2 aromatic rings. The molecule has 2 rings (SSSR count). The molecule has 0 heterocycles. The molecule has 6 heteroatoms. The number of benzene rings is 2. The first-order valence-corrected chi connectivity index (χ1v) is 7.19. The van der Waals surface area contributed by atoms with Gasteiger partial charge in [-0.05, 0) is 55.5 Å². The van der Waals surface area contributed by atoms with Gasteiger partial charge in [-0.2, -0.15) is 0 Å². The molecular weight excluding hydrogens is 320 g/mol. The lowest BCUT2D eigenvalue weighted by Gasteiger charge is -2.14. The van der Waals surface area contributed by atoms with Crippen LogP contribution in [0.4, 0.5) is 0 Å². The van der Waals surface area contributed by atoms with Crippen molar-refractivity contribution in [3.8, 4) is 11.5 Å². The summed E-state index contributed by atoms with van der Waals surface area (Å²) in [5.74, 6) is -0.179. The first-order chi connectivity index (χ1) is 11.0. The number of hydrogen-bond donors (Lipinski definition) is 0. The third-order valence-corrected chi connectivity index (χ3v) is 3.20. The Balaban J connectivity index is 1.95. The molecule has 0 aliphatic heterocycles. The Morgan fingerprint density at radius 1 is 0.957 bits per heavy atom. The maximum atomic E-state index is 12.0. The van der Waals surface area contributed by atoms with Crippen LogP contribution < -0.4 is 9.47 Å². The monoisotopic (exact) mass is 334 g/mol. The standard InChI is InChI=1S/C17H15ClO5/c1-11(22-14-9-5-13(18)6-10-14)16(19)23-15-7-3-12(4-8-15)17(20)21-2/h3-11H,1-2H3/t11-/m1/s1. The van der Waals surface area contributed by atoms with E-state index in [1.807, 2.05) is 0 Å². The molecule has 2 aromatic carbocycles. The molecule has 0 aliphatic rings. The first kappa shape index (κ1) is 16.8. The zero-order valence-corrected chi connectivity index (χ0v) is 13.4. The molecule has 23 heavy (non-hydrogen) atoms. The van der Waals surface area contributed by atoms with Gasteiger partial charge in [0, 0.05) is 5.02 Å². The molecule has 0 unspecified atom stereocenters. The van der Waals surface area contributed by atoms with E-state index in [1.54, 1.807) is 31.2 Å². The third kappa shape index (κ3) is 4.72. The van der Waals surface area contributed by atoms with Crippen molar-refractivity contribution >= 4 is 23.5 Å². The molecule has 1 atom stereocenters. The van der Waals surface area contributed by atoms with Gasteiger partial charge in [0.1, 0.15) is 11.5 Å². The Morgan fingerprint density at radius 3 is 2.09 bits per heavy atom. The van der Waals surface area contributed by atoms with Crippen LogP contribution in [0.3, 0.4) is 0 Å². The smallest absolute Gasteiger partial charge is 0.352 e. The Bertz CT molecular complexity index is 679. The van der Waals surface area contributed by atoms with Gasteiger partial charge >= 0.3 is 11.9 Å². The van der Waals surface area contributed by atoms with Crippen LogP contribution >= 0.6 is 11.6 Å². The van der Waals surface area contributed by atoms with E-state index < -0.39 is 18.0 Å². The van der Waals surface area contributed by atoms with E-state index in [1.165, 1.54) is 31.4 Å². The van der Waals surface area contributed by atoms with Gasteiger partial charge in [0.25, 0.3) is 0 Å². The molecule has 0 spiro atoms. The summed E-state index contributed by atoms with van der Waals surface area (Å²) < 4.78 is 15.3. The highest BCUT2D eigenvalue weighted by Crippen LogP contribution is 2.18. The quantitative estimate of drug-likeness (QED) is 0.618. The van der Waals surface area contributed by atoms with Crippen LogP contribution in [0.1, 0.15) is 17.3 Å². The van der Waals surface area contributed by atoms with Crippen LogP contribution in [0.5, 0.6) is 11.5 Å². The van der Waals surface area contributed by atoms with E-state index in [0.29, 0.717) is 22.1 Å². The minimum Gasteiger partial charge on any atom is -0.479 e. The summed E-state index contributed by atoms with van der Waals surface area (Å²) in [6.07, 6.45) is -0.795. The highest BCUT2D eigenvalue weighted by Gasteiger charge is 2.17. The van der Waals surface area contributed by atoms with E-state index in [4.69, 9.17) is 21.1 Å². The van der Waals surface area contributed by atoms with E-state index >= 15 is 0 Å². The number of hydrogen-bond acceptors (Lipinski definition) is 5. The number of carbonyl (C=O) groups is 2. The zero-order chi connectivity index (χ0) is 16.8. The summed E-state index contributed by atoms with van der Waals surface area (Å²) in [5.41, 5.74) is 0.373. The van der Waals surface area contributed by atoms with Crippen molar-refractivity contribution in [2.45, 2.75) is 13.0 Å². The lowest BCUT2D eigenvalue weighted by molar-refractivity contribution is -0.141. The second-order valence-corrected chi connectivity index (χ2v) is 5.09. The van der Waals surface area contributed by atoms with E-state index in [-0.39, 0.29) is 0 Å². The van der Waals surface area contributed by atoms with Gasteiger partial charge in [-0.3, -0.25) is 0 Å². The highest BCUT2D eigenvalue weighted by atomic mass is 35.5. The van der Waals surface area contributed by atoms with Gasteiger partial charge in [-0.1, -0.05) is 11.6 Å². The first-order valence-electron chi connectivity index (χ1n) is 6.82. The molecule has 0 saturated heterocycles. The molecule has 0 fully saturated rings. The molecule has 0 bridgehead atoms. The molecule has 120 valence electrons. The second-order valence-electron chi connectivity index (χ2n) is 4.65. The predicted molar refractivity (Wildman–Crippen MR) is 85.0 cm³/mol. The van der Waals surface area contributed by atoms with Crippen LogP contribution in [-0.2, 0) is 9.53 Å². The summed E-state index contributed by atoms with van der Waals surface area (Å²) in [6.45, 7) is 1.58. The maximum absolute atomic E-state index is 12.0. The van der Waals surface area contributed by atoms with E-state index in [9.17, 15) is 9.59 Å². The molecule has 0 aromatic heterocycles. The Kier molecular flexibility index (Phi) is 5.60. The molecule has 0 saturated carbocycles. The molecule has 0 N–H and O–H groups in total. The van der Waals surface area contributed by atoms with Crippen molar-refractivity contribution in [1.82, 2.24) is 0 Å². The highest BCUT2D eigenvalue weighted by molar-refractivity contribution is 6.30. The van der Waals surface area contributed by atoms with E-state index in [0.717, 1.165) is 0 Å². The van der Waals surface area contributed by atoms with Gasteiger partial charge in [0.05, 0.1) is 12.7 Å². The van der Waals surface area contributed by atoms with Crippen molar-refractivity contribution in [3.63, 3.8) is 0 Å². The molecule has 0 amide bonds. The Hall–Kier alpha value is -2.53. The van der Waals surface area contributed by atoms with Crippen LogP contribution in [-0.4, -0.2) is 25.2 Å². The number of rotatable bonds is 5. The number of halogens is 1. The van der Waals surface area contributed by atoms with Crippen LogP contribution in [0.2, 0.25) is 5.02 Å². The molecule has 5 nitrogen and oxygen atoms in total. The summed E-state index contributed by atoms with van der Waals surface area (Å²) in [6, 6.07) is 12.7. The number of esters is 2. The van der Waals surface area contributed by atoms with Crippen molar-refractivity contribution in [3.05, 3.63) is 59.1 Å². The number of ether oxygens (including phenoxy) is 3. The zero-order valence-electron chi connectivity index (χ0n) is 12.6. The SMILES string of the molecule is COC(=O)c1ccc(OC(=O)[C@@H](C)Oc2ccc(Cl)cc2)cc1. The van der Waals surface area contributed by atoms with Gasteiger partial charge in [0.15, 0.2) is 6.10 Å². The number of carbonyl (C=O) groups excluding carboxylic acids is 2. The maximum Gasteiger partial charge on any atom is 0.352 e. The minimum absolute atomic E-state index is 0.314. The fraction of sp³-hybridized carbons (Fsp3) is 0.176. The fourth-order valence-electron chi connectivity index (χ4n) is 1.74. The van der Waals surface area contributed by atoms with Crippen molar-refractivity contribution < 1.29 is 23.8 Å². The van der Waals surface area contributed by atoms with E-state index in [2.05, 4.69) is 4.74 Å². The summed E-state index contributed by atoms with van der Waals surface area (Å²) in [7, 11) is 1.30. The topological polar surface area (TPSA) is 61.8 Å². The fourth-order valence-corrected chi connectivity index (χ4v) is 1.87. The van der Waals surface area contributed by atoms with Crippen LogP contribution in [0, 0.1) is 0 Å². The lowest BCUT2D eigenvalue weighted by Crippen LogP contribution is -2.28. The van der Waals surface area contributed by atoms with Crippen molar-refractivity contribution in [2.75, 3.05) is 7.11 Å². The molecule has 0 radical (unpaired) electrons. The normalized spacial score (nSPS) is 11.4. The van der Waals surface area contributed by atoms with Gasteiger partial charge < -0.3 is 14.2 Å². The summed E-state index contributed by atoms with van der Waals surface area (Å²) >= 11 is 5.78. The van der Waals surface area contributed by atoms with Gasteiger partial charge in [0.2, 0.25) is 0 Å². The van der Waals surface area contributed by atoms with Crippen molar-refractivity contribution in [1.29, 1.82) is 0 Å². The average Bonchev–Trinajstić information content (AvgIpc) is 2.56. The predicted octanol–water partition coefficient (Wildman–Crippen LogP) is 3.50. The lowest BCUT2D eigenvalue weighted by atomic mass is 10.2. The minimum atomic E-state index is -0.795. The van der Waals surface area contributed by atoms with Gasteiger partial charge in [-0.15, -0.1) is 0 Å². The third-order valence-electron chi connectivity index (χ3n) is 2.95. The van der Waals surface area contributed by atoms with Crippen molar-refractivity contribution in [2.24, 2.45) is 0 Å². The summed E-state index contributed by atoms with van der Waals surface area (Å²) in [4.78, 5) is 23.3. The Labute approximate surface area is 138 Å². The van der Waals surface area contributed by atoms with Gasteiger partial charge in [-0.25, -0.2) is 9.59 Å². The average molecular weight is 335 g/mol. The van der Waals surface area contributed by atoms with Crippen LogP contribution in [0.25, 0.3) is 0 Å². The Morgan fingerprint density at radius 2 is 1.52 bits per heavy atom. The number of methoxy groups -OCH3 is 1. The largest absolute Gasteiger partial charge is 0.479 e. The van der Waals surface area contributed by atoms with Crippen LogP contribution in [0.15, 0.2) is 48.5 Å².